The topological polar surface area (TPSA) is 50.2 Å². The second-order valence-electron chi connectivity index (χ2n) is 3.16. The Morgan fingerprint density at radius 1 is 1.41 bits per heavy atom. The summed E-state index contributed by atoms with van der Waals surface area (Å²) < 4.78 is 62.0. The molecule has 0 saturated carbocycles. The van der Waals surface area contributed by atoms with E-state index in [4.69, 9.17) is 5.11 Å². The molecular formula is C9H6F5NO2. The lowest BCUT2D eigenvalue weighted by atomic mass is 10.0. The van der Waals surface area contributed by atoms with E-state index in [1.165, 1.54) is 0 Å². The predicted molar refractivity (Wildman–Crippen MR) is 45.9 cm³/mol. The summed E-state index contributed by atoms with van der Waals surface area (Å²) in [5.41, 5.74) is -4.37. The number of aromatic nitrogens is 1. The lowest BCUT2D eigenvalue weighted by Crippen LogP contribution is -2.17. The Bertz CT molecular complexity index is 455. The largest absolute Gasteiger partial charge is 0.478 e. The molecule has 1 rings (SSSR count). The third kappa shape index (κ3) is 2.51. The molecule has 94 valence electrons. The van der Waals surface area contributed by atoms with Crippen molar-refractivity contribution in [3.05, 3.63) is 28.6 Å². The minimum atomic E-state index is -4.95. The van der Waals surface area contributed by atoms with E-state index in [9.17, 15) is 26.7 Å². The Morgan fingerprint density at radius 3 is 2.29 bits per heavy atom. The Labute approximate surface area is 91.9 Å². The molecule has 1 aromatic heterocycles. The third-order valence-electron chi connectivity index (χ3n) is 2.09. The summed E-state index contributed by atoms with van der Waals surface area (Å²) in [7, 11) is 0. The van der Waals surface area contributed by atoms with Gasteiger partial charge in [-0.1, -0.05) is 0 Å². The molecule has 0 aliphatic heterocycles. The van der Waals surface area contributed by atoms with Crippen molar-refractivity contribution in [3.63, 3.8) is 0 Å². The number of pyridine rings is 1. The maximum absolute atomic E-state index is 12.4. The van der Waals surface area contributed by atoms with Crippen molar-refractivity contribution in [1.29, 1.82) is 0 Å². The highest BCUT2D eigenvalue weighted by atomic mass is 19.4. The summed E-state index contributed by atoms with van der Waals surface area (Å²) >= 11 is 0. The third-order valence-corrected chi connectivity index (χ3v) is 2.09. The van der Waals surface area contributed by atoms with Crippen LogP contribution in [0.1, 0.15) is 33.6 Å². The van der Waals surface area contributed by atoms with Crippen LogP contribution in [0.15, 0.2) is 6.20 Å². The number of alkyl halides is 5. The van der Waals surface area contributed by atoms with Crippen LogP contribution >= 0.6 is 0 Å². The molecule has 0 unspecified atom stereocenters. The van der Waals surface area contributed by atoms with Crippen molar-refractivity contribution >= 4 is 5.97 Å². The van der Waals surface area contributed by atoms with E-state index in [1.807, 2.05) is 0 Å². The number of aromatic carboxylic acids is 1. The first kappa shape index (κ1) is 13.3. The zero-order chi connectivity index (χ0) is 13.4. The van der Waals surface area contributed by atoms with E-state index >= 15 is 0 Å². The van der Waals surface area contributed by atoms with Crippen LogP contribution in [0.4, 0.5) is 22.0 Å². The fourth-order valence-electron chi connectivity index (χ4n) is 1.34. The maximum atomic E-state index is 12.4. The SMILES string of the molecule is Cc1c(C(F)F)ncc(C(F)(F)F)c1C(=O)O. The van der Waals surface area contributed by atoms with Gasteiger partial charge in [0.1, 0.15) is 5.69 Å². The second-order valence-corrected chi connectivity index (χ2v) is 3.16. The van der Waals surface area contributed by atoms with Gasteiger partial charge in [0.25, 0.3) is 6.43 Å². The van der Waals surface area contributed by atoms with Crippen LogP contribution in [-0.2, 0) is 6.18 Å². The lowest BCUT2D eigenvalue weighted by Gasteiger charge is -2.14. The van der Waals surface area contributed by atoms with Gasteiger partial charge in [-0.15, -0.1) is 0 Å². The number of carboxylic acids is 1. The zero-order valence-corrected chi connectivity index (χ0v) is 8.35. The van der Waals surface area contributed by atoms with Crippen LogP contribution < -0.4 is 0 Å². The summed E-state index contributed by atoms with van der Waals surface area (Å²) in [6.07, 6.45) is -7.97. The number of halogens is 5. The Hall–Kier alpha value is -1.73. The van der Waals surface area contributed by atoms with Crippen LogP contribution in [0.3, 0.4) is 0 Å². The molecule has 1 heterocycles. The quantitative estimate of drug-likeness (QED) is 0.826. The molecule has 0 aliphatic carbocycles. The molecule has 0 radical (unpaired) electrons. The number of rotatable bonds is 2. The summed E-state index contributed by atoms with van der Waals surface area (Å²) in [6, 6.07) is 0. The molecule has 3 nitrogen and oxygen atoms in total. The highest BCUT2D eigenvalue weighted by molar-refractivity contribution is 5.91. The molecule has 0 atom stereocenters. The summed E-state index contributed by atoms with van der Waals surface area (Å²) in [4.78, 5) is 13.6. The van der Waals surface area contributed by atoms with Gasteiger partial charge in [-0.25, -0.2) is 13.6 Å². The van der Waals surface area contributed by atoms with Gasteiger partial charge in [-0.3, -0.25) is 4.98 Å². The van der Waals surface area contributed by atoms with Crippen molar-refractivity contribution in [2.45, 2.75) is 19.5 Å². The van der Waals surface area contributed by atoms with E-state index in [0.29, 0.717) is 0 Å². The van der Waals surface area contributed by atoms with Gasteiger partial charge >= 0.3 is 12.1 Å². The Morgan fingerprint density at radius 2 is 1.94 bits per heavy atom. The average molecular weight is 255 g/mol. The summed E-state index contributed by atoms with van der Waals surface area (Å²) in [5, 5.41) is 8.64. The number of nitrogens with zero attached hydrogens (tertiary/aromatic N) is 1. The molecule has 0 saturated heterocycles. The first-order valence-electron chi connectivity index (χ1n) is 4.24. The van der Waals surface area contributed by atoms with Crippen molar-refractivity contribution in [3.8, 4) is 0 Å². The molecule has 1 aromatic rings. The van der Waals surface area contributed by atoms with Gasteiger partial charge < -0.3 is 5.11 Å². The van der Waals surface area contributed by atoms with E-state index < -0.39 is 41.0 Å². The number of carbonyl (C=O) groups is 1. The maximum Gasteiger partial charge on any atom is 0.418 e. The fraction of sp³-hybridized carbons (Fsp3) is 0.333. The molecule has 0 amide bonds. The molecule has 0 fully saturated rings. The van der Waals surface area contributed by atoms with Crippen LogP contribution in [0, 0.1) is 6.92 Å². The molecule has 8 heteroatoms. The predicted octanol–water partition coefficient (Wildman–Crippen LogP) is 3.04. The molecule has 0 spiro atoms. The lowest BCUT2D eigenvalue weighted by molar-refractivity contribution is -0.138. The van der Waals surface area contributed by atoms with E-state index in [0.717, 1.165) is 6.92 Å². The molecule has 0 aliphatic rings. The van der Waals surface area contributed by atoms with Crippen LogP contribution in [0.25, 0.3) is 0 Å². The van der Waals surface area contributed by atoms with E-state index in [-0.39, 0.29) is 6.20 Å². The smallest absolute Gasteiger partial charge is 0.418 e. The molecule has 0 aromatic carbocycles. The first-order chi connectivity index (χ1) is 7.66. The highest BCUT2D eigenvalue weighted by Gasteiger charge is 2.38. The Balaban J connectivity index is 3.57. The minimum absolute atomic E-state index is 0.109. The number of hydrogen-bond acceptors (Lipinski definition) is 2. The molecule has 1 N–H and O–H groups in total. The normalized spacial score (nSPS) is 11.9. The highest BCUT2D eigenvalue weighted by Crippen LogP contribution is 2.35. The summed E-state index contributed by atoms with van der Waals surface area (Å²) in [6.45, 7) is 0.868. The number of carboxylic acid groups (broad SMARTS) is 1. The monoisotopic (exact) mass is 255 g/mol. The van der Waals surface area contributed by atoms with Crippen molar-refractivity contribution in [1.82, 2.24) is 4.98 Å². The molecule has 0 bridgehead atoms. The van der Waals surface area contributed by atoms with E-state index in [1.54, 1.807) is 0 Å². The zero-order valence-electron chi connectivity index (χ0n) is 8.35. The second kappa shape index (κ2) is 4.27. The van der Waals surface area contributed by atoms with Gasteiger partial charge in [0.15, 0.2) is 0 Å². The average Bonchev–Trinajstić information content (AvgIpc) is 2.14. The van der Waals surface area contributed by atoms with Crippen molar-refractivity contribution in [2.75, 3.05) is 0 Å². The molecule has 17 heavy (non-hydrogen) atoms. The van der Waals surface area contributed by atoms with Gasteiger partial charge in [0, 0.05) is 6.20 Å². The Kier molecular flexibility index (Phi) is 3.35. The summed E-state index contributed by atoms with van der Waals surface area (Å²) in [5.74, 6) is -1.92. The van der Waals surface area contributed by atoms with Gasteiger partial charge in [0.2, 0.25) is 0 Å². The van der Waals surface area contributed by atoms with Crippen LogP contribution in [0.2, 0.25) is 0 Å². The minimum Gasteiger partial charge on any atom is -0.478 e. The number of hydrogen-bond donors (Lipinski definition) is 1. The van der Waals surface area contributed by atoms with Crippen LogP contribution in [-0.4, -0.2) is 16.1 Å². The van der Waals surface area contributed by atoms with Gasteiger partial charge in [-0.05, 0) is 12.5 Å². The van der Waals surface area contributed by atoms with Crippen LogP contribution in [0.5, 0.6) is 0 Å². The fourth-order valence-corrected chi connectivity index (χ4v) is 1.34. The standard InChI is InChI=1S/C9H6F5NO2/c1-3-5(8(16)17)4(9(12,13)14)2-15-6(3)7(10)11/h2,7H,1H3,(H,16,17). The van der Waals surface area contributed by atoms with Gasteiger partial charge in [-0.2, -0.15) is 13.2 Å². The first-order valence-corrected chi connectivity index (χ1v) is 4.24. The van der Waals surface area contributed by atoms with Crippen molar-refractivity contribution < 1.29 is 31.9 Å². The molecular weight excluding hydrogens is 249 g/mol. The van der Waals surface area contributed by atoms with Crippen molar-refractivity contribution in [2.24, 2.45) is 0 Å². The van der Waals surface area contributed by atoms with Gasteiger partial charge in [0.05, 0.1) is 11.1 Å². The van der Waals surface area contributed by atoms with E-state index in [2.05, 4.69) is 4.98 Å².